The molecule has 0 fully saturated rings. The molecule has 0 radical (unpaired) electrons. The van der Waals surface area contributed by atoms with Crippen molar-refractivity contribution in [3.05, 3.63) is 41.6 Å². The molecule has 1 aromatic carbocycles. The fraction of sp³-hybridized carbons (Fsp3) is 0.353. The number of nitrogens with one attached hydrogen (secondary N) is 2. The van der Waals surface area contributed by atoms with Gasteiger partial charge in [-0.05, 0) is 25.5 Å². The number of hydrogen-bond donors (Lipinski definition) is 2. The monoisotopic (exact) mass is 314 g/mol. The maximum absolute atomic E-state index is 11.8. The van der Waals surface area contributed by atoms with Crippen LogP contribution < -0.4 is 10.6 Å². The number of carbonyl (C=O) groups excluding carboxylic acids is 1. The lowest BCUT2D eigenvalue weighted by atomic mass is 10.2. The quantitative estimate of drug-likeness (QED) is 0.601. The number of para-hydroxylation sites is 1. The first-order chi connectivity index (χ1) is 11.1. The number of aryl methyl sites for hydroxylation is 1. The molecule has 0 aliphatic carbocycles. The van der Waals surface area contributed by atoms with Gasteiger partial charge in [0, 0.05) is 18.3 Å². The van der Waals surface area contributed by atoms with Crippen LogP contribution in [-0.4, -0.2) is 29.6 Å². The van der Waals surface area contributed by atoms with E-state index < -0.39 is 5.97 Å². The average molecular weight is 314 g/mol. The molecule has 6 heteroatoms. The largest absolute Gasteiger partial charge is 0.465 e. The number of unbranched alkanes of at least 4 members (excludes halogenated alkanes) is 1. The Hall–Kier alpha value is -2.63. The fourth-order valence-electron chi connectivity index (χ4n) is 2.11. The number of benzene rings is 1. The van der Waals surface area contributed by atoms with E-state index >= 15 is 0 Å². The molecular formula is C17H22N4O2. The van der Waals surface area contributed by atoms with E-state index in [1.165, 1.54) is 7.11 Å². The third-order valence-corrected chi connectivity index (χ3v) is 3.27. The minimum atomic E-state index is -0.401. The van der Waals surface area contributed by atoms with Crippen molar-refractivity contribution in [1.82, 2.24) is 9.97 Å². The smallest absolute Gasteiger partial charge is 0.339 e. The fourth-order valence-corrected chi connectivity index (χ4v) is 2.11. The number of nitrogens with zero attached hydrogens (tertiary/aromatic N) is 2. The minimum Gasteiger partial charge on any atom is -0.465 e. The Labute approximate surface area is 136 Å². The molecule has 0 amide bonds. The third kappa shape index (κ3) is 4.67. The summed E-state index contributed by atoms with van der Waals surface area (Å²) in [6.45, 7) is 4.92. The number of aromatic nitrogens is 2. The summed E-state index contributed by atoms with van der Waals surface area (Å²) >= 11 is 0. The summed E-state index contributed by atoms with van der Waals surface area (Å²) in [5.74, 6) is 0.811. The number of anilines is 3. The van der Waals surface area contributed by atoms with Crippen LogP contribution in [0.25, 0.3) is 0 Å². The third-order valence-electron chi connectivity index (χ3n) is 3.27. The van der Waals surface area contributed by atoms with Gasteiger partial charge in [0.2, 0.25) is 5.95 Å². The molecule has 0 atom stereocenters. The zero-order chi connectivity index (χ0) is 16.7. The topological polar surface area (TPSA) is 76.1 Å². The Kier molecular flexibility index (Phi) is 5.91. The van der Waals surface area contributed by atoms with E-state index in [1.807, 2.05) is 19.1 Å². The van der Waals surface area contributed by atoms with Gasteiger partial charge in [-0.3, -0.25) is 0 Å². The molecule has 0 bridgehead atoms. The molecule has 0 aliphatic heterocycles. The normalized spacial score (nSPS) is 10.2. The lowest BCUT2D eigenvalue weighted by molar-refractivity contribution is 0.0602. The number of carbonyl (C=O) groups is 1. The summed E-state index contributed by atoms with van der Waals surface area (Å²) in [6, 6.07) is 9.01. The Morgan fingerprint density at radius 2 is 2.04 bits per heavy atom. The van der Waals surface area contributed by atoms with Gasteiger partial charge in [-0.15, -0.1) is 0 Å². The molecule has 6 nitrogen and oxygen atoms in total. The van der Waals surface area contributed by atoms with Crippen molar-refractivity contribution < 1.29 is 9.53 Å². The predicted octanol–water partition coefficient (Wildman–Crippen LogP) is 3.53. The number of rotatable bonds is 7. The Bertz CT molecular complexity index is 673. The summed E-state index contributed by atoms with van der Waals surface area (Å²) in [5.41, 5.74) is 1.90. The molecule has 1 heterocycles. The molecule has 1 aromatic heterocycles. The first-order valence-electron chi connectivity index (χ1n) is 7.68. The second-order valence-electron chi connectivity index (χ2n) is 5.16. The summed E-state index contributed by atoms with van der Waals surface area (Å²) in [6.07, 6.45) is 2.20. The van der Waals surface area contributed by atoms with Crippen molar-refractivity contribution in [2.75, 3.05) is 24.3 Å². The van der Waals surface area contributed by atoms with Gasteiger partial charge in [0.05, 0.1) is 18.4 Å². The van der Waals surface area contributed by atoms with Crippen molar-refractivity contribution in [1.29, 1.82) is 0 Å². The number of ether oxygens (including phenoxy) is 1. The zero-order valence-electron chi connectivity index (χ0n) is 13.7. The lowest BCUT2D eigenvalue weighted by Crippen LogP contribution is -2.09. The second kappa shape index (κ2) is 8.12. The van der Waals surface area contributed by atoms with E-state index in [-0.39, 0.29) is 0 Å². The highest BCUT2D eigenvalue weighted by atomic mass is 16.5. The van der Waals surface area contributed by atoms with Crippen LogP contribution in [0.5, 0.6) is 0 Å². The summed E-state index contributed by atoms with van der Waals surface area (Å²) in [5, 5.41) is 6.37. The first-order valence-corrected chi connectivity index (χ1v) is 7.68. The van der Waals surface area contributed by atoms with E-state index in [0.29, 0.717) is 17.2 Å². The highest BCUT2D eigenvalue weighted by Gasteiger charge is 2.12. The lowest BCUT2D eigenvalue weighted by Gasteiger charge is -2.12. The van der Waals surface area contributed by atoms with E-state index in [9.17, 15) is 4.79 Å². The van der Waals surface area contributed by atoms with E-state index in [0.717, 1.165) is 30.9 Å². The predicted molar refractivity (Wildman–Crippen MR) is 91.2 cm³/mol. The summed E-state index contributed by atoms with van der Waals surface area (Å²) in [4.78, 5) is 20.6. The number of hydrogen-bond acceptors (Lipinski definition) is 6. The van der Waals surface area contributed by atoms with Gasteiger partial charge in [-0.25, -0.2) is 9.78 Å². The molecule has 23 heavy (non-hydrogen) atoms. The van der Waals surface area contributed by atoms with Crippen LogP contribution in [0.2, 0.25) is 0 Å². The maximum atomic E-state index is 11.8. The van der Waals surface area contributed by atoms with Gasteiger partial charge in [0.15, 0.2) is 0 Å². The number of methoxy groups -OCH3 is 1. The molecule has 2 aromatic rings. The van der Waals surface area contributed by atoms with E-state index in [1.54, 1.807) is 18.2 Å². The van der Waals surface area contributed by atoms with E-state index in [2.05, 4.69) is 27.5 Å². The molecule has 2 N–H and O–H groups in total. The van der Waals surface area contributed by atoms with Crippen LogP contribution in [0, 0.1) is 6.92 Å². The Morgan fingerprint density at radius 1 is 1.26 bits per heavy atom. The van der Waals surface area contributed by atoms with E-state index in [4.69, 9.17) is 4.74 Å². The average Bonchev–Trinajstić information content (AvgIpc) is 2.54. The van der Waals surface area contributed by atoms with Crippen LogP contribution in [0.1, 0.15) is 35.8 Å². The maximum Gasteiger partial charge on any atom is 0.339 e. The van der Waals surface area contributed by atoms with Crippen LogP contribution >= 0.6 is 0 Å². The van der Waals surface area contributed by atoms with Crippen LogP contribution in [0.4, 0.5) is 17.5 Å². The van der Waals surface area contributed by atoms with Crippen molar-refractivity contribution in [2.24, 2.45) is 0 Å². The Balaban J connectivity index is 2.21. The first kappa shape index (κ1) is 16.7. The van der Waals surface area contributed by atoms with Crippen molar-refractivity contribution in [3.8, 4) is 0 Å². The standard InChI is InChI=1S/C17H22N4O2/c1-4-5-10-18-15-11-12(2)19-17(21-15)20-14-9-7-6-8-13(14)16(22)23-3/h6-9,11H,4-5,10H2,1-3H3,(H2,18,19,20,21). The van der Waals surface area contributed by atoms with Crippen LogP contribution in [0.3, 0.4) is 0 Å². The van der Waals surface area contributed by atoms with Gasteiger partial charge in [0.25, 0.3) is 0 Å². The SMILES string of the molecule is CCCCNc1cc(C)nc(Nc2ccccc2C(=O)OC)n1. The minimum absolute atomic E-state index is 0.401. The molecule has 0 spiro atoms. The number of esters is 1. The Morgan fingerprint density at radius 3 is 2.78 bits per heavy atom. The van der Waals surface area contributed by atoms with Gasteiger partial charge in [0.1, 0.15) is 5.82 Å². The van der Waals surface area contributed by atoms with Crippen molar-refractivity contribution >= 4 is 23.4 Å². The molecule has 0 saturated heterocycles. The highest BCUT2D eigenvalue weighted by molar-refractivity contribution is 5.96. The van der Waals surface area contributed by atoms with Gasteiger partial charge in [-0.1, -0.05) is 25.5 Å². The summed E-state index contributed by atoms with van der Waals surface area (Å²) < 4.78 is 4.80. The molecule has 0 saturated carbocycles. The molecular weight excluding hydrogens is 292 g/mol. The second-order valence-corrected chi connectivity index (χ2v) is 5.16. The zero-order valence-corrected chi connectivity index (χ0v) is 13.7. The van der Waals surface area contributed by atoms with Crippen molar-refractivity contribution in [3.63, 3.8) is 0 Å². The van der Waals surface area contributed by atoms with Gasteiger partial charge in [-0.2, -0.15) is 4.98 Å². The van der Waals surface area contributed by atoms with Gasteiger partial charge < -0.3 is 15.4 Å². The van der Waals surface area contributed by atoms with Crippen molar-refractivity contribution in [2.45, 2.75) is 26.7 Å². The highest BCUT2D eigenvalue weighted by Crippen LogP contribution is 2.20. The molecule has 0 aliphatic rings. The van der Waals surface area contributed by atoms with Crippen LogP contribution in [-0.2, 0) is 4.74 Å². The molecule has 0 unspecified atom stereocenters. The molecule has 122 valence electrons. The molecule has 2 rings (SSSR count). The van der Waals surface area contributed by atoms with Gasteiger partial charge >= 0.3 is 5.97 Å². The van der Waals surface area contributed by atoms with Crippen LogP contribution in [0.15, 0.2) is 30.3 Å². The summed E-state index contributed by atoms with van der Waals surface area (Å²) in [7, 11) is 1.36.